The van der Waals surface area contributed by atoms with Gasteiger partial charge in [-0.2, -0.15) is 0 Å². The summed E-state index contributed by atoms with van der Waals surface area (Å²) in [4.78, 5) is 71.5. The number of hydrogen-bond acceptors (Lipinski definition) is 9. The summed E-state index contributed by atoms with van der Waals surface area (Å²) in [5, 5.41) is 5.76. The Morgan fingerprint density at radius 3 is 2.54 bits per heavy atom. The van der Waals surface area contributed by atoms with Crippen LogP contribution in [-0.4, -0.2) is 84.0 Å². The Morgan fingerprint density at radius 2 is 1.82 bits per heavy atom. The summed E-state index contributed by atoms with van der Waals surface area (Å²) < 4.78 is 54.5. The van der Waals surface area contributed by atoms with Crippen molar-refractivity contribution in [1.29, 1.82) is 0 Å². The van der Waals surface area contributed by atoms with E-state index in [2.05, 4.69) is 15.4 Å². The first-order chi connectivity index (χ1) is 26.5. The van der Waals surface area contributed by atoms with Gasteiger partial charge in [0.1, 0.15) is 35.1 Å². The third-order valence-electron chi connectivity index (χ3n) is 11.0. The molecule has 1 saturated heterocycles. The average Bonchev–Trinajstić information content (AvgIpc) is 3.43. The van der Waals surface area contributed by atoms with E-state index >= 15 is 0 Å². The summed E-state index contributed by atoms with van der Waals surface area (Å²) in [5.41, 5.74) is -1.48. The van der Waals surface area contributed by atoms with Crippen LogP contribution >= 0.6 is 11.6 Å². The van der Waals surface area contributed by atoms with Crippen LogP contribution < -0.4 is 15.4 Å². The predicted molar refractivity (Wildman–Crippen MR) is 202 cm³/mol. The third-order valence-corrected chi connectivity index (χ3v) is 12.6. The summed E-state index contributed by atoms with van der Waals surface area (Å²) in [5.74, 6) is -3.35. The average molecular weight is 816 g/mol. The van der Waals surface area contributed by atoms with Crippen molar-refractivity contribution in [3.05, 3.63) is 76.6 Å². The van der Waals surface area contributed by atoms with Gasteiger partial charge in [0.05, 0.1) is 18.0 Å². The van der Waals surface area contributed by atoms with Crippen molar-refractivity contribution in [2.24, 2.45) is 5.92 Å². The molecule has 6 rings (SSSR count). The van der Waals surface area contributed by atoms with E-state index in [4.69, 9.17) is 21.1 Å². The zero-order valence-corrected chi connectivity index (χ0v) is 33.1. The fourth-order valence-electron chi connectivity index (χ4n) is 7.27. The molecule has 0 aromatic heterocycles. The molecule has 56 heavy (non-hydrogen) atoms. The van der Waals surface area contributed by atoms with E-state index in [-0.39, 0.29) is 43.8 Å². The van der Waals surface area contributed by atoms with Crippen LogP contribution in [0.1, 0.15) is 83.3 Å². The lowest BCUT2D eigenvalue weighted by Crippen LogP contribution is -2.58. The van der Waals surface area contributed by atoms with Crippen LogP contribution in [-0.2, 0) is 47.0 Å². The van der Waals surface area contributed by atoms with Gasteiger partial charge in [0.15, 0.2) is 0 Å². The first kappa shape index (κ1) is 40.9. The Hall–Kier alpha value is -4.70. The molecule has 3 N–H and O–H groups in total. The number of sulfonamides is 1. The van der Waals surface area contributed by atoms with Crippen molar-refractivity contribution in [2.75, 3.05) is 6.54 Å². The van der Waals surface area contributed by atoms with Crippen LogP contribution in [0.15, 0.2) is 59.5 Å². The summed E-state index contributed by atoms with van der Waals surface area (Å²) >= 11 is 5.93. The minimum Gasteiger partial charge on any atom is -0.444 e. The molecule has 2 aromatic carbocycles. The molecule has 2 aromatic rings. The first-order valence-corrected chi connectivity index (χ1v) is 20.7. The number of carbonyl (C=O) groups excluding carboxylic acids is 5. The molecule has 0 radical (unpaired) electrons. The van der Waals surface area contributed by atoms with Gasteiger partial charge in [0.2, 0.25) is 11.8 Å². The molecule has 3 heterocycles. The number of nitrogens with one attached hydrogen (secondary N) is 3. The number of amides is 5. The number of halogens is 2. The van der Waals surface area contributed by atoms with Gasteiger partial charge in [-0.05, 0) is 81.8 Å². The lowest BCUT2D eigenvalue weighted by molar-refractivity contribution is -0.141. The SMILES string of the molecule is CCC(C)(C)OC(=O)N[C@H]1CCCCCC=C[C@@H]2C[C@@]2(C(=O)NS(=O)(=O)c2ccc(Cl)cc2)NC(=O)[C@@H]2C[C@@H](OC(=O)N3Cc4cccc(F)c4C3)CN2C1=O. The monoisotopic (exact) mass is 815 g/mol. The Bertz CT molecular complexity index is 2010. The van der Waals surface area contributed by atoms with Crippen LogP contribution in [0.2, 0.25) is 5.02 Å². The van der Waals surface area contributed by atoms with Gasteiger partial charge in [0.25, 0.3) is 15.9 Å². The summed E-state index contributed by atoms with van der Waals surface area (Å²) in [6, 6.07) is 7.43. The molecular formula is C39H47ClFN5O9S. The lowest BCUT2D eigenvalue weighted by Gasteiger charge is -2.30. The van der Waals surface area contributed by atoms with Crippen LogP contribution in [0.3, 0.4) is 0 Å². The summed E-state index contributed by atoms with van der Waals surface area (Å²) in [6.45, 7) is 5.20. The normalized spacial score (nSPS) is 25.4. The van der Waals surface area contributed by atoms with Crippen molar-refractivity contribution >= 4 is 51.5 Å². The molecule has 1 saturated carbocycles. The zero-order valence-electron chi connectivity index (χ0n) is 31.5. The molecule has 0 spiro atoms. The summed E-state index contributed by atoms with van der Waals surface area (Å²) in [7, 11) is -4.37. The maximum atomic E-state index is 14.5. The Balaban J connectivity index is 1.27. The predicted octanol–water partition coefficient (Wildman–Crippen LogP) is 5.08. The van der Waals surface area contributed by atoms with Crippen molar-refractivity contribution < 1.29 is 46.3 Å². The second-order valence-electron chi connectivity index (χ2n) is 15.4. The fourth-order valence-corrected chi connectivity index (χ4v) is 8.44. The van der Waals surface area contributed by atoms with Gasteiger partial charge in [-0.3, -0.25) is 19.3 Å². The lowest BCUT2D eigenvalue weighted by atomic mass is 10.0. The Kier molecular flexibility index (Phi) is 12.0. The molecule has 3 aliphatic heterocycles. The largest absolute Gasteiger partial charge is 0.444 e. The number of allylic oxidation sites excluding steroid dienone is 1. The van der Waals surface area contributed by atoms with E-state index in [0.29, 0.717) is 41.8 Å². The van der Waals surface area contributed by atoms with Crippen LogP contribution in [0, 0.1) is 11.7 Å². The minimum absolute atomic E-state index is 0.0200. The number of alkyl carbamates (subject to hydrolysis) is 1. The zero-order chi connectivity index (χ0) is 40.4. The van der Waals surface area contributed by atoms with Crippen LogP contribution in [0.5, 0.6) is 0 Å². The van der Waals surface area contributed by atoms with Crippen molar-refractivity contribution in [2.45, 2.75) is 119 Å². The first-order valence-electron chi connectivity index (χ1n) is 18.8. The molecule has 5 amide bonds. The maximum Gasteiger partial charge on any atom is 0.410 e. The molecule has 14 nitrogen and oxygen atoms in total. The van der Waals surface area contributed by atoms with E-state index in [9.17, 15) is 36.8 Å². The van der Waals surface area contributed by atoms with Gasteiger partial charge in [-0.1, -0.05) is 55.7 Å². The highest BCUT2D eigenvalue weighted by Gasteiger charge is 2.61. The number of fused-ring (bicyclic) bond motifs is 3. The quantitative estimate of drug-likeness (QED) is 0.321. The summed E-state index contributed by atoms with van der Waals surface area (Å²) in [6.07, 6.45) is 4.35. The number of rotatable bonds is 7. The third kappa shape index (κ3) is 9.12. The molecule has 302 valence electrons. The Labute approximate surface area is 330 Å². The number of nitrogens with zero attached hydrogens (tertiary/aromatic N) is 2. The molecule has 0 bridgehead atoms. The highest BCUT2D eigenvalue weighted by molar-refractivity contribution is 7.90. The van der Waals surface area contributed by atoms with Crippen molar-refractivity contribution in [1.82, 2.24) is 25.2 Å². The second kappa shape index (κ2) is 16.4. The van der Waals surface area contributed by atoms with E-state index in [0.717, 1.165) is 6.42 Å². The van der Waals surface area contributed by atoms with Gasteiger partial charge < -0.3 is 25.0 Å². The van der Waals surface area contributed by atoms with E-state index in [1.807, 2.05) is 13.0 Å². The smallest absolute Gasteiger partial charge is 0.410 e. The standard InChI is InChI=1S/C39H47ClFN5O9S/c1-4-38(2,3)55-36(50)42-31-14-9-7-5-6-8-12-25-20-39(25,35(49)44-56(52,53)28-17-15-26(40)16-18-28)43-33(47)32-19-27(22-46(32)34(31)48)54-37(51)45-21-24-11-10-13-30(41)29(24)23-45/h8,10-13,15-18,25,27,31-32H,4-7,9,14,19-23H2,1-3H3,(H,42,50)(H,43,47)(H,44,49)/t25-,27-,31+,32+,39-/m1/s1. The number of benzene rings is 2. The second-order valence-corrected chi connectivity index (χ2v) is 17.5. The van der Waals surface area contributed by atoms with Gasteiger partial charge in [-0.25, -0.2) is 27.1 Å². The van der Waals surface area contributed by atoms with Crippen molar-refractivity contribution in [3.63, 3.8) is 0 Å². The Morgan fingerprint density at radius 1 is 1.07 bits per heavy atom. The van der Waals surface area contributed by atoms with Gasteiger partial charge in [-0.15, -0.1) is 0 Å². The van der Waals surface area contributed by atoms with E-state index < -0.39 is 81.0 Å². The van der Waals surface area contributed by atoms with Crippen molar-refractivity contribution in [3.8, 4) is 0 Å². The topological polar surface area (TPSA) is 181 Å². The molecule has 4 aliphatic rings. The maximum absolute atomic E-state index is 14.5. The number of ether oxygens (including phenoxy) is 2. The highest BCUT2D eigenvalue weighted by atomic mass is 35.5. The van der Waals surface area contributed by atoms with Crippen LogP contribution in [0.25, 0.3) is 0 Å². The molecule has 2 fully saturated rings. The van der Waals surface area contributed by atoms with E-state index in [1.54, 1.807) is 32.1 Å². The molecule has 0 unspecified atom stereocenters. The van der Waals surface area contributed by atoms with Gasteiger partial charge >= 0.3 is 12.2 Å². The molecule has 5 atom stereocenters. The fraction of sp³-hybridized carbons (Fsp3) is 0.513. The van der Waals surface area contributed by atoms with Gasteiger partial charge in [0, 0.05) is 29.5 Å². The molecular weight excluding hydrogens is 769 g/mol. The molecule has 1 aliphatic carbocycles. The molecule has 17 heteroatoms. The van der Waals surface area contributed by atoms with Crippen LogP contribution in [0.4, 0.5) is 14.0 Å². The van der Waals surface area contributed by atoms with E-state index in [1.165, 1.54) is 40.1 Å². The number of carbonyl (C=O) groups is 5. The minimum atomic E-state index is -4.37. The number of hydrogen-bond donors (Lipinski definition) is 3. The highest BCUT2D eigenvalue weighted by Crippen LogP contribution is 2.46.